The number of hydrogen-bond donors (Lipinski definition) is 1. The van der Waals surface area contributed by atoms with Crippen LogP contribution in [-0.2, 0) is 16.6 Å². The molecular formula is C34H42N6O4S. The molecule has 0 radical (unpaired) electrons. The van der Waals surface area contributed by atoms with Crippen molar-refractivity contribution >= 4 is 27.7 Å². The number of aryl methyl sites for hydroxylation is 2. The summed E-state index contributed by atoms with van der Waals surface area (Å²) in [5.41, 5.74) is 4.12. The van der Waals surface area contributed by atoms with Gasteiger partial charge in [-0.15, -0.1) is 0 Å². The number of fused-ring (bicyclic) bond motifs is 4. The first-order valence-electron chi connectivity index (χ1n) is 14.9. The number of benzene rings is 2. The van der Waals surface area contributed by atoms with Crippen molar-refractivity contribution in [3.8, 4) is 17.1 Å². The Hall–Kier alpha value is -4.51. The maximum Gasteiger partial charge on any atom is 0.264 e. The molecule has 1 amide bonds. The van der Waals surface area contributed by atoms with Crippen molar-refractivity contribution in [2.75, 3.05) is 30.3 Å². The molecule has 45 heavy (non-hydrogen) atoms. The van der Waals surface area contributed by atoms with Crippen LogP contribution in [0.15, 0.2) is 71.6 Å². The minimum absolute atomic E-state index is 0. The highest BCUT2D eigenvalue weighted by atomic mass is 32.2. The quantitative estimate of drug-likeness (QED) is 0.281. The lowest BCUT2D eigenvalue weighted by molar-refractivity contribution is 0.0509. The summed E-state index contributed by atoms with van der Waals surface area (Å²) in [5, 5.41) is 0. The maximum absolute atomic E-state index is 14.3. The average Bonchev–Trinajstić information content (AvgIpc) is 2.97. The van der Waals surface area contributed by atoms with Crippen LogP contribution < -0.4 is 14.4 Å². The lowest BCUT2D eigenvalue weighted by Gasteiger charge is -2.35. The van der Waals surface area contributed by atoms with Crippen LogP contribution >= 0.6 is 0 Å². The number of pyridine rings is 1. The van der Waals surface area contributed by atoms with Gasteiger partial charge in [0.2, 0.25) is 11.8 Å². The molecule has 0 aliphatic carbocycles. The molecule has 5 rings (SSSR count). The number of aromatic nitrogens is 3. The summed E-state index contributed by atoms with van der Waals surface area (Å²) in [5.74, 6) is 0.525. The minimum atomic E-state index is -4.15. The summed E-state index contributed by atoms with van der Waals surface area (Å²) in [6.07, 6.45) is 0.601. The zero-order chi connectivity index (χ0) is 32.5. The van der Waals surface area contributed by atoms with Crippen LogP contribution in [0.25, 0.3) is 11.3 Å². The van der Waals surface area contributed by atoms with E-state index in [-0.39, 0.29) is 48.2 Å². The fraction of sp³-hybridized carbons (Fsp3) is 0.353. The average molecular weight is 631 g/mol. The summed E-state index contributed by atoms with van der Waals surface area (Å²) in [6.45, 7) is 10.6. The molecular weight excluding hydrogens is 588 g/mol. The molecule has 0 saturated carbocycles. The van der Waals surface area contributed by atoms with E-state index < -0.39 is 16.1 Å². The molecule has 4 aromatic rings. The molecule has 11 heteroatoms. The van der Waals surface area contributed by atoms with Gasteiger partial charge in [-0.1, -0.05) is 51.1 Å². The van der Waals surface area contributed by atoms with Gasteiger partial charge in [0.15, 0.2) is 0 Å². The fourth-order valence-electron chi connectivity index (χ4n) is 5.53. The fourth-order valence-corrected chi connectivity index (χ4v) is 6.51. The number of anilines is 2. The highest BCUT2D eigenvalue weighted by Crippen LogP contribution is 2.31. The van der Waals surface area contributed by atoms with Gasteiger partial charge in [0.25, 0.3) is 15.9 Å². The van der Waals surface area contributed by atoms with Crippen molar-refractivity contribution in [3.63, 3.8) is 0 Å². The molecule has 4 bridgehead atoms. The number of rotatable bonds is 5. The summed E-state index contributed by atoms with van der Waals surface area (Å²) >= 11 is 0. The Balaban J connectivity index is 0.00000480. The van der Waals surface area contributed by atoms with E-state index in [0.717, 1.165) is 22.5 Å². The smallest absolute Gasteiger partial charge is 0.264 e. The molecule has 238 valence electrons. The van der Waals surface area contributed by atoms with Crippen molar-refractivity contribution < 1.29 is 19.4 Å². The number of amides is 1. The Kier molecular flexibility index (Phi) is 8.84. The standard InChI is InChI=1S/C34H40N6O4S.H2/c1-22-11-8-12-23(2)31(22)28-18-30-37-33(36-28)38-45(42,43)27-15-9-13-24(17-27)32(41)40(26(21-44-30)19-34(3,4)5)20-25-14-10-16-29(35-25)39(6)7;/h8-18,26H,19-21H2,1-7H3,(H,36,37,38);1H/t26-;/m1./s1. The van der Waals surface area contributed by atoms with Gasteiger partial charge in [0.1, 0.15) is 12.4 Å². The number of carbonyl (C=O) groups is 1. The van der Waals surface area contributed by atoms with Gasteiger partial charge in [-0.3, -0.25) is 4.79 Å². The van der Waals surface area contributed by atoms with Gasteiger partial charge in [-0.2, -0.15) is 4.98 Å². The number of hydrogen-bond acceptors (Lipinski definition) is 8. The number of ether oxygens (including phenoxy) is 1. The van der Waals surface area contributed by atoms with Crippen LogP contribution in [0.4, 0.5) is 11.8 Å². The van der Waals surface area contributed by atoms with Crippen LogP contribution in [0.5, 0.6) is 5.88 Å². The molecule has 0 unspecified atom stereocenters. The molecule has 2 aromatic heterocycles. The van der Waals surface area contributed by atoms with Gasteiger partial charge in [0, 0.05) is 32.7 Å². The van der Waals surface area contributed by atoms with E-state index >= 15 is 0 Å². The zero-order valence-corrected chi connectivity index (χ0v) is 27.6. The van der Waals surface area contributed by atoms with Crippen LogP contribution in [0.1, 0.15) is 55.8 Å². The third-order valence-electron chi connectivity index (χ3n) is 7.61. The highest BCUT2D eigenvalue weighted by molar-refractivity contribution is 7.92. The molecule has 3 heterocycles. The minimum Gasteiger partial charge on any atom is -0.475 e. The van der Waals surface area contributed by atoms with E-state index in [1.54, 1.807) is 23.1 Å². The van der Waals surface area contributed by atoms with Crippen molar-refractivity contribution in [1.29, 1.82) is 0 Å². The zero-order valence-electron chi connectivity index (χ0n) is 26.8. The van der Waals surface area contributed by atoms with Crippen molar-refractivity contribution in [2.45, 2.75) is 58.5 Å². The Morgan fingerprint density at radius 2 is 1.67 bits per heavy atom. The second-order valence-corrected chi connectivity index (χ2v) is 14.5. The van der Waals surface area contributed by atoms with Crippen molar-refractivity contribution in [3.05, 3.63) is 89.1 Å². The topological polar surface area (TPSA) is 118 Å². The first-order chi connectivity index (χ1) is 21.2. The predicted molar refractivity (Wildman–Crippen MR) is 178 cm³/mol. The molecule has 1 N–H and O–H groups in total. The molecule has 1 aliphatic rings. The molecule has 1 aliphatic heterocycles. The molecule has 10 nitrogen and oxygen atoms in total. The van der Waals surface area contributed by atoms with Crippen LogP contribution in [-0.4, -0.2) is 60.9 Å². The number of nitrogens with one attached hydrogen (secondary N) is 1. The summed E-state index contributed by atoms with van der Waals surface area (Å²) in [4.78, 5) is 31.7. The molecule has 0 fully saturated rings. The summed E-state index contributed by atoms with van der Waals surface area (Å²) in [6, 6.07) is 19.0. The SMILES string of the molecule is Cc1cccc(C)c1-c1cc2nc(n1)NS(=O)(=O)c1cccc(c1)C(=O)N(Cc1cccc(N(C)C)n1)[C@H](CC(C)(C)C)CO2.[HH]. The Labute approximate surface area is 267 Å². The lowest BCUT2D eigenvalue weighted by atomic mass is 9.87. The first kappa shape index (κ1) is 31.9. The van der Waals surface area contributed by atoms with Crippen molar-refractivity contribution in [1.82, 2.24) is 19.9 Å². The largest absolute Gasteiger partial charge is 0.475 e. The van der Waals surface area contributed by atoms with Crippen molar-refractivity contribution in [2.24, 2.45) is 5.41 Å². The number of nitrogens with zero attached hydrogens (tertiary/aromatic N) is 5. The second-order valence-electron chi connectivity index (χ2n) is 12.9. The monoisotopic (exact) mass is 630 g/mol. The third kappa shape index (κ3) is 7.42. The molecule has 2 aromatic carbocycles. The van der Waals surface area contributed by atoms with Gasteiger partial charge >= 0.3 is 0 Å². The van der Waals surface area contributed by atoms with Crippen LogP contribution in [0.2, 0.25) is 0 Å². The highest BCUT2D eigenvalue weighted by Gasteiger charge is 2.32. The van der Waals surface area contributed by atoms with Gasteiger partial charge in [-0.25, -0.2) is 23.1 Å². The summed E-state index contributed by atoms with van der Waals surface area (Å²) in [7, 11) is -0.330. The van der Waals surface area contributed by atoms with Crippen LogP contribution in [0.3, 0.4) is 0 Å². The van der Waals surface area contributed by atoms with E-state index in [2.05, 4.69) is 35.5 Å². The lowest BCUT2D eigenvalue weighted by Crippen LogP contribution is -2.45. The Morgan fingerprint density at radius 1 is 0.978 bits per heavy atom. The molecule has 0 spiro atoms. The van der Waals surface area contributed by atoms with Gasteiger partial charge < -0.3 is 14.5 Å². The van der Waals surface area contributed by atoms with Gasteiger partial charge in [0.05, 0.1) is 28.9 Å². The van der Waals surface area contributed by atoms with Crippen LogP contribution in [0, 0.1) is 19.3 Å². The molecule has 1 atom stereocenters. The maximum atomic E-state index is 14.3. The normalized spacial score (nSPS) is 16.5. The predicted octanol–water partition coefficient (Wildman–Crippen LogP) is 6.11. The van der Waals surface area contributed by atoms with E-state index in [1.807, 2.05) is 69.2 Å². The number of carbonyl (C=O) groups excluding carboxylic acids is 1. The summed E-state index contributed by atoms with van der Waals surface area (Å²) < 4.78 is 36.1. The van der Waals surface area contributed by atoms with E-state index in [9.17, 15) is 13.2 Å². The van der Waals surface area contributed by atoms with E-state index in [4.69, 9.17) is 9.72 Å². The second kappa shape index (κ2) is 12.5. The number of sulfonamides is 1. The van der Waals surface area contributed by atoms with Gasteiger partial charge in [-0.05, 0) is 67.1 Å². The first-order valence-corrected chi connectivity index (χ1v) is 16.3. The third-order valence-corrected chi connectivity index (χ3v) is 8.94. The molecule has 0 saturated heterocycles. The Bertz CT molecular complexity index is 1820. The Morgan fingerprint density at radius 3 is 2.36 bits per heavy atom. The van der Waals surface area contributed by atoms with E-state index in [1.165, 1.54) is 12.1 Å². The van der Waals surface area contributed by atoms with E-state index in [0.29, 0.717) is 17.8 Å².